The first-order chi connectivity index (χ1) is 21.8. The molecule has 2 aliphatic rings. The standard InChI is InChI=1S/C38H30N2O4.C2H6/c1-37(2,3)18-7-16-27(38(4,5)6)28(17-18)40-35(43)25-14-10-21-19-8-12-23-31-24(34(42)39-33(23)41)13-9-20(29(19)31)22-11-15-26(36(40)44)32(25)30(21)22;1-2/h7-17H,1-6H3,(H,39,41,42);1-2H3. The molecule has 0 bridgehead atoms. The van der Waals surface area contributed by atoms with Gasteiger partial charge in [-0.3, -0.25) is 24.5 Å². The number of fused-ring (bicyclic) bond motifs is 2. The number of amides is 4. The minimum absolute atomic E-state index is 0.175. The number of carbonyl (C=O) groups is 4. The molecule has 0 atom stereocenters. The van der Waals surface area contributed by atoms with Gasteiger partial charge in [0.25, 0.3) is 23.6 Å². The summed E-state index contributed by atoms with van der Waals surface area (Å²) >= 11 is 0. The molecule has 230 valence electrons. The molecule has 0 spiro atoms. The molecule has 6 aromatic rings. The zero-order valence-electron chi connectivity index (χ0n) is 27.4. The van der Waals surface area contributed by atoms with E-state index in [0.29, 0.717) is 38.7 Å². The van der Waals surface area contributed by atoms with E-state index >= 15 is 0 Å². The fraction of sp³-hybridized carbons (Fsp3) is 0.250. The van der Waals surface area contributed by atoms with E-state index in [9.17, 15) is 19.2 Å². The summed E-state index contributed by atoms with van der Waals surface area (Å²) in [4.78, 5) is 55.8. The highest BCUT2D eigenvalue weighted by molar-refractivity contribution is 6.43. The lowest BCUT2D eigenvalue weighted by molar-refractivity contribution is 0.0840. The Kier molecular flexibility index (Phi) is 6.24. The Morgan fingerprint density at radius 3 is 1.33 bits per heavy atom. The summed E-state index contributed by atoms with van der Waals surface area (Å²) in [6.45, 7) is 16.6. The zero-order valence-corrected chi connectivity index (χ0v) is 27.4. The fourth-order valence-corrected chi connectivity index (χ4v) is 7.23. The molecule has 0 radical (unpaired) electrons. The van der Waals surface area contributed by atoms with Crippen molar-refractivity contribution in [1.82, 2.24) is 5.32 Å². The van der Waals surface area contributed by atoms with Gasteiger partial charge in [-0.05, 0) is 84.6 Å². The molecule has 1 N–H and O–H groups in total. The van der Waals surface area contributed by atoms with Crippen LogP contribution in [0.5, 0.6) is 0 Å². The smallest absolute Gasteiger partial charge is 0.265 e. The molecule has 2 aliphatic heterocycles. The number of anilines is 1. The number of nitrogens with zero attached hydrogens (tertiary/aromatic N) is 1. The number of imide groups is 2. The molecule has 0 fully saturated rings. The number of rotatable bonds is 1. The molecule has 0 saturated carbocycles. The van der Waals surface area contributed by atoms with E-state index in [0.717, 1.165) is 43.4 Å². The molecule has 46 heavy (non-hydrogen) atoms. The van der Waals surface area contributed by atoms with Crippen LogP contribution in [0, 0.1) is 0 Å². The number of hydrogen-bond acceptors (Lipinski definition) is 4. The average molecular weight is 609 g/mol. The largest absolute Gasteiger partial charge is 0.288 e. The third-order valence-electron chi connectivity index (χ3n) is 9.40. The van der Waals surface area contributed by atoms with Crippen molar-refractivity contribution in [1.29, 1.82) is 0 Å². The van der Waals surface area contributed by atoms with E-state index in [2.05, 4.69) is 52.9 Å². The van der Waals surface area contributed by atoms with Crippen LogP contribution in [0.15, 0.2) is 66.7 Å². The summed E-state index contributed by atoms with van der Waals surface area (Å²) in [7, 11) is 0. The normalized spacial score (nSPS) is 14.8. The van der Waals surface area contributed by atoms with Gasteiger partial charge in [-0.2, -0.15) is 0 Å². The average Bonchev–Trinajstić information content (AvgIpc) is 3.01. The molecular weight excluding hydrogens is 572 g/mol. The summed E-state index contributed by atoms with van der Waals surface area (Å²) in [5.41, 5.74) is 3.98. The van der Waals surface area contributed by atoms with E-state index in [1.54, 1.807) is 12.1 Å². The third kappa shape index (κ3) is 3.89. The van der Waals surface area contributed by atoms with Gasteiger partial charge in [0.05, 0.1) is 5.69 Å². The number of nitrogens with one attached hydrogen (secondary N) is 1. The van der Waals surface area contributed by atoms with E-state index in [-0.39, 0.29) is 22.6 Å². The Balaban J connectivity index is 0.00000166. The first-order valence-corrected chi connectivity index (χ1v) is 15.9. The van der Waals surface area contributed by atoms with Crippen LogP contribution in [0.1, 0.15) is 108 Å². The Morgan fingerprint density at radius 2 is 0.913 bits per heavy atom. The second-order valence-electron chi connectivity index (χ2n) is 14.1. The topological polar surface area (TPSA) is 83.6 Å². The lowest BCUT2D eigenvalue weighted by Crippen LogP contribution is -2.42. The maximum Gasteiger partial charge on any atom is 0.265 e. The summed E-state index contributed by atoms with van der Waals surface area (Å²) in [6.07, 6.45) is 0. The van der Waals surface area contributed by atoms with Crippen LogP contribution >= 0.6 is 0 Å². The molecule has 0 aromatic heterocycles. The van der Waals surface area contributed by atoms with Crippen LogP contribution in [0.2, 0.25) is 0 Å². The minimum Gasteiger partial charge on any atom is -0.288 e. The maximum atomic E-state index is 14.5. The first-order valence-electron chi connectivity index (χ1n) is 15.9. The van der Waals surface area contributed by atoms with Crippen molar-refractivity contribution in [2.24, 2.45) is 0 Å². The fourth-order valence-electron chi connectivity index (χ4n) is 7.23. The monoisotopic (exact) mass is 608 g/mol. The first kappa shape index (κ1) is 29.6. The van der Waals surface area contributed by atoms with Gasteiger partial charge >= 0.3 is 0 Å². The van der Waals surface area contributed by atoms with Gasteiger partial charge in [-0.1, -0.05) is 91.8 Å². The van der Waals surface area contributed by atoms with Crippen LogP contribution in [0.3, 0.4) is 0 Å². The van der Waals surface area contributed by atoms with Crippen molar-refractivity contribution in [3.05, 3.63) is 100 Å². The Morgan fingerprint density at radius 1 is 0.500 bits per heavy atom. The Hall–Kier alpha value is -5.10. The highest BCUT2D eigenvalue weighted by atomic mass is 16.2. The lowest BCUT2D eigenvalue weighted by atomic mass is 9.79. The van der Waals surface area contributed by atoms with Crippen molar-refractivity contribution in [2.75, 3.05) is 4.90 Å². The third-order valence-corrected chi connectivity index (χ3v) is 9.40. The van der Waals surface area contributed by atoms with Crippen molar-refractivity contribution in [2.45, 2.75) is 66.2 Å². The summed E-state index contributed by atoms with van der Waals surface area (Å²) < 4.78 is 0. The molecule has 4 amide bonds. The zero-order chi connectivity index (χ0) is 33.0. The highest BCUT2D eigenvalue weighted by Crippen LogP contribution is 2.47. The van der Waals surface area contributed by atoms with E-state index in [1.165, 1.54) is 4.90 Å². The van der Waals surface area contributed by atoms with Crippen molar-refractivity contribution >= 4 is 72.4 Å². The van der Waals surface area contributed by atoms with Gasteiger partial charge in [0.1, 0.15) is 0 Å². The van der Waals surface area contributed by atoms with E-state index < -0.39 is 11.8 Å². The second-order valence-corrected chi connectivity index (χ2v) is 14.1. The summed E-state index contributed by atoms with van der Waals surface area (Å²) in [6, 6.07) is 20.9. The van der Waals surface area contributed by atoms with Gasteiger partial charge in [-0.25, -0.2) is 4.90 Å². The quantitative estimate of drug-likeness (QED) is 0.115. The van der Waals surface area contributed by atoms with Gasteiger partial charge in [0, 0.05) is 33.0 Å². The molecule has 6 heteroatoms. The van der Waals surface area contributed by atoms with Crippen LogP contribution in [0.25, 0.3) is 43.1 Å². The lowest BCUT2D eigenvalue weighted by Gasteiger charge is -2.34. The van der Waals surface area contributed by atoms with E-state index in [4.69, 9.17) is 0 Å². The number of benzene rings is 6. The summed E-state index contributed by atoms with van der Waals surface area (Å²) in [5, 5.41) is 8.87. The molecule has 8 rings (SSSR count). The molecule has 6 aromatic carbocycles. The predicted molar refractivity (Wildman–Crippen MR) is 186 cm³/mol. The van der Waals surface area contributed by atoms with Crippen LogP contribution < -0.4 is 10.2 Å². The van der Waals surface area contributed by atoms with Crippen LogP contribution in [0.4, 0.5) is 5.69 Å². The number of hydrogen-bond donors (Lipinski definition) is 1. The molecule has 0 unspecified atom stereocenters. The van der Waals surface area contributed by atoms with Gasteiger partial charge < -0.3 is 0 Å². The Labute approximate surface area is 267 Å². The predicted octanol–water partition coefficient (Wildman–Crippen LogP) is 9.04. The molecule has 0 saturated heterocycles. The Bertz CT molecular complexity index is 2230. The molecule has 0 aliphatic carbocycles. The number of carbonyl (C=O) groups excluding carboxylic acids is 4. The maximum absolute atomic E-state index is 14.5. The van der Waals surface area contributed by atoms with E-state index in [1.807, 2.05) is 62.4 Å². The van der Waals surface area contributed by atoms with Crippen molar-refractivity contribution in [3.8, 4) is 0 Å². The molecule has 6 nitrogen and oxygen atoms in total. The van der Waals surface area contributed by atoms with Gasteiger partial charge in [0.15, 0.2) is 0 Å². The highest BCUT2D eigenvalue weighted by Gasteiger charge is 2.38. The van der Waals surface area contributed by atoms with Gasteiger partial charge in [-0.15, -0.1) is 0 Å². The SMILES string of the molecule is CC.CC(C)(C)c1ccc(C(C)(C)C)c(N2C(=O)c3ccc4c5ccc6c7c(ccc(c8ccc(c3c48)C2=O)c75)C(=O)NC6=O)c1. The van der Waals surface area contributed by atoms with Crippen molar-refractivity contribution < 1.29 is 19.2 Å². The second kappa shape index (κ2) is 9.70. The molecular formula is C40H36N2O4. The van der Waals surface area contributed by atoms with Gasteiger partial charge in [0.2, 0.25) is 0 Å². The van der Waals surface area contributed by atoms with Crippen molar-refractivity contribution in [3.63, 3.8) is 0 Å². The molecule has 2 heterocycles. The van der Waals surface area contributed by atoms with Crippen LogP contribution in [-0.4, -0.2) is 23.6 Å². The summed E-state index contributed by atoms with van der Waals surface area (Å²) in [5.74, 6) is -1.52. The van der Waals surface area contributed by atoms with Crippen LogP contribution in [-0.2, 0) is 10.8 Å². The minimum atomic E-state index is -0.413.